The Balaban J connectivity index is 1.85. The van der Waals surface area contributed by atoms with E-state index < -0.39 is 0 Å². The number of hydrogen-bond donors (Lipinski definition) is 1. The Kier molecular flexibility index (Phi) is 6.10. The van der Waals surface area contributed by atoms with Crippen LogP contribution >= 0.6 is 15.9 Å². The molecule has 1 unspecified atom stereocenters. The van der Waals surface area contributed by atoms with Gasteiger partial charge in [0, 0.05) is 26.6 Å². The molecule has 4 nitrogen and oxygen atoms in total. The lowest BCUT2D eigenvalue weighted by atomic mass is 10.2. The third kappa shape index (κ3) is 4.76. The molecular formula is C14H20BrNO3. The molecule has 5 heteroatoms. The molecule has 1 atom stereocenters. The van der Waals surface area contributed by atoms with Crippen LogP contribution in [-0.2, 0) is 16.0 Å². The summed E-state index contributed by atoms with van der Waals surface area (Å²) >= 11 is 3.56. The third-order valence-electron chi connectivity index (χ3n) is 2.99. The van der Waals surface area contributed by atoms with Gasteiger partial charge in [-0.2, -0.15) is 0 Å². The summed E-state index contributed by atoms with van der Waals surface area (Å²) in [4.78, 5) is 0. The van der Waals surface area contributed by atoms with E-state index in [1.54, 1.807) is 7.11 Å². The SMILES string of the molecule is COCCNCc1ccc(OC2CCOC2)c(Br)c1. The van der Waals surface area contributed by atoms with Crippen LogP contribution in [0.3, 0.4) is 0 Å². The molecule has 0 saturated carbocycles. The fourth-order valence-corrected chi connectivity index (χ4v) is 2.46. The number of ether oxygens (including phenoxy) is 3. The van der Waals surface area contributed by atoms with Gasteiger partial charge in [-0.05, 0) is 33.6 Å². The van der Waals surface area contributed by atoms with Gasteiger partial charge in [0.25, 0.3) is 0 Å². The largest absolute Gasteiger partial charge is 0.487 e. The Morgan fingerprint density at radius 1 is 1.47 bits per heavy atom. The number of benzene rings is 1. The Bertz CT molecular complexity index is 394. The van der Waals surface area contributed by atoms with Crippen LogP contribution in [0.15, 0.2) is 22.7 Å². The topological polar surface area (TPSA) is 39.7 Å². The van der Waals surface area contributed by atoms with Crippen molar-refractivity contribution >= 4 is 15.9 Å². The highest BCUT2D eigenvalue weighted by Gasteiger charge is 2.18. The van der Waals surface area contributed by atoms with Crippen molar-refractivity contribution < 1.29 is 14.2 Å². The maximum Gasteiger partial charge on any atom is 0.134 e. The second kappa shape index (κ2) is 7.85. The summed E-state index contributed by atoms with van der Waals surface area (Å²) in [6, 6.07) is 6.18. The van der Waals surface area contributed by atoms with Gasteiger partial charge in [-0.25, -0.2) is 0 Å². The monoisotopic (exact) mass is 329 g/mol. The van der Waals surface area contributed by atoms with Gasteiger partial charge in [-0.1, -0.05) is 6.07 Å². The highest BCUT2D eigenvalue weighted by Crippen LogP contribution is 2.28. The van der Waals surface area contributed by atoms with Crippen molar-refractivity contribution in [1.82, 2.24) is 5.32 Å². The van der Waals surface area contributed by atoms with Gasteiger partial charge < -0.3 is 19.5 Å². The fraction of sp³-hybridized carbons (Fsp3) is 0.571. The van der Waals surface area contributed by atoms with Crippen molar-refractivity contribution in [2.45, 2.75) is 19.1 Å². The van der Waals surface area contributed by atoms with Crippen molar-refractivity contribution in [3.63, 3.8) is 0 Å². The number of nitrogens with one attached hydrogen (secondary N) is 1. The molecule has 1 aromatic rings. The average Bonchev–Trinajstić information content (AvgIpc) is 2.91. The zero-order valence-electron chi connectivity index (χ0n) is 11.2. The van der Waals surface area contributed by atoms with Crippen LogP contribution in [0.4, 0.5) is 0 Å². The van der Waals surface area contributed by atoms with Crippen molar-refractivity contribution in [3.8, 4) is 5.75 Å². The Hall–Kier alpha value is -0.620. The zero-order chi connectivity index (χ0) is 13.5. The van der Waals surface area contributed by atoms with Crippen LogP contribution in [0.1, 0.15) is 12.0 Å². The normalized spacial score (nSPS) is 18.7. The summed E-state index contributed by atoms with van der Waals surface area (Å²) < 4.78 is 17.2. The van der Waals surface area contributed by atoms with Crippen molar-refractivity contribution in [2.24, 2.45) is 0 Å². The maximum atomic E-state index is 5.89. The first-order valence-corrected chi connectivity index (χ1v) is 7.31. The molecule has 0 aliphatic carbocycles. The number of hydrogen-bond acceptors (Lipinski definition) is 4. The lowest BCUT2D eigenvalue weighted by Gasteiger charge is -2.14. The van der Waals surface area contributed by atoms with E-state index >= 15 is 0 Å². The third-order valence-corrected chi connectivity index (χ3v) is 3.61. The van der Waals surface area contributed by atoms with Gasteiger partial charge in [0.1, 0.15) is 11.9 Å². The zero-order valence-corrected chi connectivity index (χ0v) is 12.7. The lowest BCUT2D eigenvalue weighted by Crippen LogP contribution is -2.19. The van der Waals surface area contributed by atoms with E-state index in [4.69, 9.17) is 14.2 Å². The summed E-state index contributed by atoms with van der Waals surface area (Å²) in [6.07, 6.45) is 1.15. The highest BCUT2D eigenvalue weighted by molar-refractivity contribution is 9.10. The smallest absolute Gasteiger partial charge is 0.134 e. The van der Waals surface area contributed by atoms with Crippen LogP contribution in [0.25, 0.3) is 0 Å². The summed E-state index contributed by atoms with van der Waals surface area (Å²) in [7, 11) is 1.71. The molecule has 1 aromatic carbocycles. The van der Waals surface area contributed by atoms with E-state index in [-0.39, 0.29) is 6.10 Å². The summed E-state index contributed by atoms with van der Waals surface area (Å²) in [5.41, 5.74) is 1.22. The molecule has 0 radical (unpaired) electrons. The summed E-state index contributed by atoms with van der Waals surface area (Å²) in [6.45, 7) is 3.89. The first-order chi connectivity index (χ1) is 9.29. The van der Waals surface area contributed by atoms with Crippen LogP contribution < -0.4 is 10.1 Å². The molecule has 19 heavy (non-hydrogen) atoms. The summed E-state index contributed by atoms with van der Waals surface area (Å²) in [5, 5.41) is 3.32. The van der Waals surface area contributed by atoms with Gasteiger partial charge >= 0.3 is 0 Å². The predicted molar refractivity (Wildman–Crippen MR) is 77.6 cm³/mol. The molecule has 1 heterocycles. The molecule has 2 rings (SSSR count). The molecule has 0 amide bonds. The van der Waals surface area contributed by atoms with Crippen LogP contribution in [0, 0.1) is 0 Å². The van der Waals surface area contributed by atoms with Crippen molar-refractivity contribution in [2.75, 3.05) is 33.5 Å². The van der Waals surface area contributed by atoms with Crippen molar-refractivity contribution in [1.29, 1.82) is 0 Å². The van der Waals surface area contributed by atoms with Gasteiger partial charge in [-0.3, -0.25) is 0 Å². The van der Waals surface area contributed by atoms with Gasteiger partial charge in [-0.15, -0.1) is 0 Å². The molecule has 1 aliphatic rings. The lowest BCUT2D eigenvalue weighted by molar-refractivity contribution is 0.141. The summed E-state index contributed by atoms with van der Waals surface area (Å²) in [5.74, 6) is 0.885. The molecule has 1 saturated heterocycles. The number of methoxy groups -OCH3 is 1. The minimum absolute atomic E-state index is 0.182. The second-order valence-corrected chi connectivity index (χ2v) is 5.39. The number of rotatable bonds is 7. The van der Waals surface area contributed by atoms with E-state index in [1.807, 2.05) is 6.07 Å². The van der Waals surface area contributed by atoms with Gasteiger partial charge in [0.2, 0.25) is 0 Å². The standard InChI is InChI=1S/C14H20BrNO3/c1-17-7-5-16-9-11-2-3-14(13(15)8-11)19-12-4-6-18-10-12/h2-3,8,12,16H,4-7,9-10H2,1H3. The van der Waals surface area contributed by atoms with Gasteiger partial charge in [0.05, 0.1) is 24.3 Å². The molecule has 1 N–H and O–H groups in total. The molecule has 106 valence electrons. The molecule has 1 fully saturated rings. The Labute approximate surface area is 122 Å². The Morgan fingerprint density at radius 3 is 3.05 bits per heavy atom. The molecular weight excluding hydrogens is 310 g/mol. The first kappa shape index (κ1) is 14.8. The van der Waals surface area contributed by atoms with E-state index in [2.05, 4.69) is 33.4 Å². The molecule has 0 spiro atoms. The Morgan fingerprint density at radius 2 is 2.37 bits per heavy atom. The minimum atomic E-state index is 0.182. The van der Waals surface area contributed by atoms with Gasteiger partial charge in [0.15, 0.2) is 0 Å². The number of halogens is 1. The van der Waals surface area contributed by atoms with Crippen molar-refractivity contribution in [3.05, 3.63) is 28.2 Å². The molecule has 0 bridgehead atoms. The predicted octanol–water partition coefficient (Wildman–Crippen LogP) is 2.35. The van der Waals surface area contributed by atoms with Crippen LogP contribution in [0.2, 0.25) is 0 Å². The van der Waals surface area contributed by atoms with Crippen LogP contribution in [-0.4, -0.2) is 39.6 Å². The van der Waals surface area contributed by atoms with E-state index in [1.165, 1.54) is 5.56 Å². The quantitative estimate of drug-likeness (QED) is 0.779. The maximum absolute atomic E-state index is 5.89. The highest BCUT2D eigenvalue weighted by atomic mass is 79.9. The van der Waals surface area contributed by atoms with E-state index in [0.29, 0.717) is 6.61 Å². The second-order valence-electron chi connectivity index (χ2n) is 4.54. The first-order valence-electron chi connectivity index (χ1n) is 6.52. The average molecular weight is 330 g/mol. The van der Waals surface area contributed by atoms with Crippen LogP contribution in [0.5, 0.6) is 5.75 Å². The minimum Gasteiger partial charge on any atom is -0.487 e. The molecule has 0 aromatic heterocycles. The molecule has 1 aliphatic heterocycles. The van der Waals surface area contributed by atoms with E-state index in [9.17, 15) is 0 Å². The fourth-order valence-electron chi connectivity index (χ4n) is 1.94. The van der Waals surface area contributed by atoms with E-state index in [0.717, 1.165) is 42.9 Å².